The van der Waals surface area contributed by atoms with Gasteiger partial charge in [0, 0.05) is 32.1 Å². The Bertz CT molecular complexity index is 478. The predicted octanol–water partition coefficient (Wildman–Crippen LogP) is 2.86. The molecule has 1 aliphatic rings. The van der Waals surface area contributed by atoms with Crippen LogP contribution in [0.1, 0.15) is 42.8 Å². The number of hydrogen-bond acceptors (Lipinski definition) is 3. The lowest BCUT2D eigenvalue weighted by atomic mass is 9.94. The van der Waals surface area contributed by atoms with Crippen molar-refractivity contribution >= 4 is 23.2 Å². The summed E-state index contributed by atoms with van der Waals surface area (Å²) < 4.78 is 0. The fourth-order valence-corrected chi connectivity index (χ4v) is 3.36. The molecular weight excluding hydrogens is 284 g/mol. The van der Waals surface area contributed by atoms with Gasteiger partial charge in [-0.2, -0.15) is 0 Å². The van der Waals surface area contributed by atoms with Gasteiger partial charge in [-0.25, -0.2) is 0 Å². The van der Waals surface area contributed by atoms with E-state index in [9.17, 15) is 9.59 Å². The molecule has 0 N–H and O–H groups in total. The van der Waals surface area contributed by atoms with E-state index in [1.807, 2.05) is 34.4 Å². The number of likely N-dealkylation sites (tertiary alicyclic amines) is 1. The first kappa shape index (κ1) is 16.0. The van der Waals surface area contributed by atoms with Crippen molar-refractivity contribution < 1.29 is 9.59 Å². The topological polar surface area (TPSA) is 40.6 Å². The minimum Gasteiger partial charge on any atom is -0.343 e. The molecular formula is C16H24N2O2S. The normalized spacial score (nSPS) is 17.6. The van der Waals surface area contributed by atoms with Gasteiger partial charge in [0.1, 0.15) is 0 Å². The molecule has 4 nitrogen and oxygen atoms in total. The zero-order chi connectivity index (χ0) is 15.4. The summed E-state index contributed by atoms with van der Waals surface area (Å²) in [4.78, 5) is 29.2. The highest BCUT2D eigenvalue weighted by molar-refractivity contribution is 7.12. The fraction of sp³-hybridized carbons (Fsp3) is 0.625. The summed E-state index contributed by atoms with van der Waals surface area (Å²) in [5, 5.41) is 1.92. The van der Waals surface area contributed by atoms with Gasteiger partial charge in [-0.15, -0.1) is 11.3 Å². The molecule has 0 radical (unpaired) electrons. The molecule has 0 bridgehead atoms. The summed E-state index contributed by atoms with van der Waals surface area (Å²) in [6.07, 6.45) is 2.52. The lowest BCUT2D eigenvalue weighted by molar-refractivity contribution is -0.137. The quantitative estimate of drug-likeness (QED) is 0.858. The zero-order valence-corrected chi connectivity index (χ0v) is 13.9. The van der Waals surface area contributed by atoms with E-state index in [-0.39, 0.29) is 23.8 Å². The molecule has 1 saturated heterocycles. The summed E-state index contributed by atoms with van der Waals surface area (Å²) in [6, 6.07) is 4.04. The Morgan fingerprint density at radius 1 is 1.43 bits per heavy atom. The molecule has 2 heterocycles. The Morgan fingerprint density at radius 2 is 2.10 bits per heavy atom. The van der Waals surface area contributed by atoms with Crippen LogP contribution in [0.4, 0.5) is 0 Å². The molecule has 1 aromatic rings. The molecule has 2 amide bonds. The Morgan fingerprint density at radius 3 is 2.62 bits per heavy atom. The van der Waals surface area contributed by atoms with E-state index in [0.717, 1.165) is 24.1 Å². The molecule has 0 spiro atoms. The smallest absolute Gasteiger partial charge is 0.263 e. The van der Waals surface area contributed by atoms with E-state index < -0.39 is 0 Å². The predicted molar refractivity (Wildman–Crippen MR) is 85.5 cm³/mol. The van der Waals surface area contributed by atoms with Gasteiger partial charge >= 0.3 is 0 Å². The van der Waals surface area contributed by atoms with Crippen LogP contribution in [0, 0.1) is 5.92 Å². The molecule has 1 aromatic heterocycles. The van der Waals surface area contributed by atoms with Crippen LogP contribution in [-0.4, -0.2) is 47.8 Å². The maximum atomic E-state index is 12.4. The number of carbonyl (C=O) groups is 2. The maximum Gasteiger partial charge on any atom is 0.263 e. The molecule has 1 fully saturated rings. The van der Waals surface area contributed by atoms with Gasteiger partial charge in [-0.05, 0) is 37.6 Å². The van der Waals surface area contributed by atoms with Crippen LogP contribution in [0.5, 0.6) is 0 Å². The molecule has 0 aromatic carbocycles. The van der Waals surface area contributed by atoms with Gasteiger partial charge in [-0.3, -0.25) is 9.59 Å². The molecule has 1 aliphatic heterocycles. The van der Waals surface area contributed by atoms with Crippen LogP contribution >= 0.6 is 11.3 Å². The third-order valence-corrected chi connectivity index (χ3v) is 5.32. The van der Waals surface area contributed by atoms with Crippen LogP contribution in [0.3, 0.4) is 0 Å². The van der Waals surface area contributed by atoms with Crippen LogP contribution in [-0.2, 0) is 4.79 Å². The first-order valence-corrected chi connectivity index (χ1v) is 8.52. The number of hydrogen-bond donors (Lipinski definition) is 0. The Balaban J connectivity index is 1.88. The SMILES string of the molecule is CCC(C)N(C)C(=O)C1CCN(C(=O)c2cccs2)CC1. The Labute approximate surface area is 130 Å². The third-order valence-electron chi connectivity index (χ3n) is 4.46. The van der Waals surface area contributed by atoms with Crippen molar-refractivity contribution in [2.75, 3.05) is 20.1 Å². The molecule has 116 valence electrons. The average molecular weight is 308 g/mol. The molecule has 1 atom stereocenters. The summed E-state index contributed by atoms with van der Waals surface area (Å²) >= 11 is 1.48. The highest BCUT2D eigenvalue weighted by Gasteiger charge is 2.30. The van der Waals surface area contributed by atoms with Crippen molar-refractivity contribution in [2.24, 2.45) is 5.92 Å². The lowest BCUT2D eigenvalue weighted by Gasteiger charge is -2.34. The van der Waals surface area contributed by atoms with Crippen molar-refractivity contribution in [3.63, 3.8) is 0 Å². The largest absolute Gasteiger partial charge is 0.343 e. The van der Waals surface area contributed by atoms with Crippen molar-refractivity contribution in [3.8, 4) is 0 Å². The molecule has 1 unspecified atom stereocenters. The molecule has 21 heavy (non-hydrogen) atoms. The van der Waals surface area contributed by atoms with E-state index in [4.69, 9.17) is 0 Å². The standard InChI is InChI=1S/C16H24N2O2S/c1-4-12(2)17(3)15(19)13-7-9-18(10-8-13)16(20)14-6-5-11-21-14/h5-6,11-13H,4,7-10H2,1-3H3. The van der Waals surface area contributed by atoms with Crippen LogP contribution in [0.15, 0.2) is 17.5 Å². The highest BCUT2D eigenvalue weighted by Crippen LogP contribution is 2.23. The van der Waals surface area contributed by atoms with Crippen molar-refractivity contribution in [2.45, 2.75) is 39.2 Å². The van der Waals surface area contributed by atoms with Crippen molar-refractivity contribution in [1.82, 2.24) is 9.80 Å². The third kappa shape index (κ3) is 3.64. The van der Waals surface area contributed by atoms with E-state index in [2.05, 4.69) is 13.8 Å². The van der Waals surface area contributed by atoms with Crippen LogP contribution < -0.4 is 0 Å². The molecule has 0 aliphatic carbocycles. The summed E-state index contributed by atoms with van der Waals surface area (Å²) in [5.74, 6) is 0.398. The second-order valence-electron chi connectivity index (χ2n) is 5.75. The maximum absolute atomic E-state index is 12.4. The second-order valence-corrected chi connectivity index (χ2v) is 6.70. The van der Waals surface area contributed by atoms with E-state index >= 15 is 0 Å². The summed E-state index contributed by atoms with van der Waals surface area (Å²) in [6.45, 7) is 5.53. The number of carbonyl (C=O) groups excluding carboxylic acids is 2. The summed E-state index contributed by atoms with van der Waals surface area (Å²) in [7, 11) is 1.89. The van der Waals surface area contributed by atoms with Gasteiger partial charge in [0.15, 0.2) is 0 Å². The number of rotatable bonds is 4. The lowest BCUT2D eigenvalue weighted by Crippen LogP contribution is -2.45. The van der Waals surface area contributed by atoms with Crippen molar-refractivity contribution in [3.05, 3.63) is 22.4 Å². The first-order chi connectivity index (χ1) is 10.0. The average Bonchev–Trinajstić information content (AvgIpc) is 3.06. The number of thiophene rings is 1. The van der Waals surface area contributed by atoms with Gasteiger partial charge in [-0.1, -0.05) is 13.0 Å². The highest BCUT2D eigenvalue weighted by atomic mass is 32.1. The van der Waals surface area contributed by atoms with Gasteiger partial charge in [0.05, 0.1) is 4.88 Å². The Hall–Kier alpha value is -1.36. The molecule has 0 saturated carbocycles. The number of amides is 2. The number of nitrogens with zero attached hydrogens (tertiary/aromatic N) is 2. The van der Waals surface area contributed by atoms with Crippen LogP contribution in [0.25, 0.3) is 0 Å². The van der Waals surface area contributed by atoms with Crippen molar-refractivity contribution in [1.29, 1.82) is 0 Å². The first-order valence-electron chi connectivity index (χ1n) is 7.64. The summed E-state index contributed by atoms with van der Waals surface area (Å²) in [5.41, 5.74) is 0. The van der Waals surface area contributed by atoms with Crippen LogP contribution in [0.2, 0.25) is 0 Å². The van der Waals surface area contributed by atoms with Gasteiger partial charge in [0.2, 0.25) is 5.91 Å². The van der Waals surface area contributed by atoms with E-state index in [1.54, 1.807) is 0 Å². The van der Waals surface area contributed by atoms with E-state index in [1.165, 1.54) is 11.3 Å². The zero-order valence-electron chi connectivity index (χ0n) is 13.0. The monoisotopic (exact) mass is 308 g/mol. The van der Waals surface area contributed by atoms with E-state index in [0.29, 0.717) is 13.1 Å². The fourth-order valence-electron chi connectivity index (χ4n) is 2.66. The van der Waals surface area contributed by atoms with Gasteiger partial charge < -0.3 is 9.80 Å². The van der Waals surface area contributed by atoms with Gasteiger partial charge in [0.25, 0.3) is 5.91 Å². The minimum absolute atomic E-state index is 0.0661. The second kappa shape index (κ2) is 7.07. The Kier molecular flexibility index (Phi) is 5.39. The molecule has 5 heteroatoms. The minimum atomic E-state index is 0.0661. The molecule has 2 rings (SSSR count). The number of piperidine rings is 1.